The van der Waals surface area contributed by atoms with Crippen LogP contribution in [-0.2, 0) is 12.8 Å². The van der Waals surface area contributed by atoms with Crippen LogP contribution in [0.4, 0.5) is 0 Å². The zero-order valence-electron chi connectivity index (χ0n) is 12.9. The maximum Gasteiger partial charge on any atom is 0.290 e. The summed E-state index contributed by atoms with van der Waals surface area (Å²) in [5.41, 5.74) is 9.33. The van der Waals surface area contributed by atoms with Crippen molar-refractivity contribution in [3.8, 4) is 0 Å². The number of nitrogens with two attached hydrogens (primary N) is 1. The first-order chi connectivity index (χ1) is 10.5. The smallest absolute Gasteiger partial charge is 0.290 e. The molecule has 1 heterocycles. The average Bonchev–Trinajstić information content (AvgIpc) is 3.05. The molecule has 0 unspecified atom stereocenters. The van der Waals surface area contributed by atoms with Crippen molar-refractivity contribution in [2.75, 3.05) is 0 Å². The van der Waals surface area contributed by atoms with Crippen LogP contribution < -0.4 is 11.1 Å². The molecule has 0 bridgehead atoms. The molecule has 0 radical (unpaired) electrons. The number of fused-ring (bicyclic) bond motifs is 1. The van der Waals surface area contributed by atoms with E-state index in [1.54, 1.807) is 6.07 Å². The number of amides is 1. The Labute approximate surface area is 129 Å². The van der Waals surface area contributed by atoms with Crippen molar-refractivity contribution in [1.29, 1.82) is 0 Å². The van der Waals surface area contributed by atoms with Crippen LogP contribution in [0.5, 0.6) is 0 Å². The lowest BCUT2D eigenvalue weighted by Crippen LogP contribution is -2.40. The second-order valence-corrected chi connectivity index (χ2v) is 6.29. The predicted octanol–water partition coefficient (Wildman–Crippen LogP) is 2.23. The standard InChI is InChI=1S/C17H21N3O2/c1-10(2)7-12-9-15(22-20-12)17(21)19-14-8-11-5-3-4-6-13(11)16(14)18/h3-6,9-10,14,16H,7-8,18H2,1-2H3,(H,19,21)/t14-,16-/m0/s1. The number of hydrogen-bond acceptors (Lipinski definition) is 4. The Morgan fingerprint density at radius 3 is 2.95 bits per heavy atom. The number of hydrogen-bond donors (Lipinski definition) is 2. The fraction of sp³-hybridized carbons (Fsp3) is 0.412. The van der Waals surface area contributed by atoms with Gasteiger partial charge in [0.15, 0.2) is 0 Å². The van der Waals surface area contributed by atoms with Crippen molar-refractivity contribution < 1.29 is 9.32 Å². The topological polar surface area (TPSA) is 81.2 Å². The molecule has 0 fully saturated rings. The van der Waals surface area contributed by atoms with Gasteiger partial charge in [0.2, 0.25) is 5.76 Å². The van der Waals surface area contributed by atoms with Crippen LogP contribution in [0.3, 0.4) is 0 Å². The molecule has 2 aromatic rings. The summed E-state index contributed by atoms with van der Waals surface area (Å²) in [6.07, 6.45) is 1.54. The lowest BCUT2D eigenvalue weighted by atomic mass is 10.1. The Morgan fingerprint density at radius 2 is 2.23 bits per heavy atom. The maximum absolute atomic E-state index is 12.3. The normalized spacial score (nSPS) is 20.2. The molecular weight excluding hydrogens is 278 g/mol. The van der Waals surface area contributed by atoms with Gasteiger partial charge in [-0.3, -0.25) is 4.79 Å². The molecule has 0 spiro atoms. The van der Waals surface area contributed by atoms with Crippen molar-refractivity contribution in [3.05, 3.63) is 52.9 Å². The van der Waals surface area contributed by atoms with Crippen molar-refractivity contribution in [3.63, 3.8) is 0 Å². The van der Waals surface area contributed by atoms with E-state index >= 15 is 0 Å². The van der Waals surface area contributed by atoms with Gasteiger partial charge in [-0.05, 0) is 29.9 Å². The summed E-state index contributed by atoms with van der Waals surface area (Å²) >= 11 is 0. The minimum Gasteiger partial charge on any atom is -0.351 e. The average molecular weight is 299 g/mol. The van der Waals surface area contributed by atoms with Gasteiger partial charge < -0.3 is 15.6 Å². The molecule has 3 rings (SSSR count). The summed E-state index contributed by atoms with van der Waals surface area (Å²) in [6.45, 7) is 4.20. The van der Waals surface area contributed by atoms with Crippen LogP contribution in [0.1, 0.15) is 47.3 Å². The zero-order chi connectivity index (χ0) is 15.7. The third-order valence-corrected chi connectivity index (χ3v) is 4.00. The molecule has 0 saturated heterocycles. The number of benzene rings is 1. The summed E-state index contributed by atoms with van der Waals surface area (Å²) in [5.74, 6) is 0.466. The summed E-state index contributed by atoms with van der Waals surface area (Å²) in [7, 11) is 0. The lowest BCUT2D eigenvalue weighted by molar-refractivity contribution is 0.0896. The van der Waals surface area contributed by atoms with Crippen molar-refractivity contribution in [2.45, 2.75) is 38.8 Å². The number of nitrogens with zero attached hydrogens (tertiary/aromatic N) is 1. The molecule has 1 aromatic carbocycles. The van der Waals surface area contributed by atoms with E-state index in [0.717, 1.165) is 24.1 Å². The van der Waals surface area contributed by atoms with Gasteiger partial charge in [-0.25, -0.2) is 0 Å². The van der Waals surface area contributed by atoms with E-state index in [9.17, 15) is 4.79 Å². The second kappa shape index (κ2) is 5.93. The van der Waals surface area contributed by atoms with E-state index in [1.807, 2.05) is 18.2 Å². The molecule has 2 atom stereocenters. The van der Waals surface area contributed by atoms with E-state index in [0.29, 0.717) is 5.92 Å². The van der Waals surface area contributed by atoms with Crippen LogP contribution in [0.25, 0.3) is 0 Å². The molecule has 5 heteroatoms. The first-order valence-corrected chi connectivity index (χ1v) is 7.64. The van der Waals surface area contributed by atoms with Gasteiger partial charge in [0.05, 0.1) is 17.8 Å². The Bertz CT molecular complexity index is 678. The molecule has 0 aliphatic heterocycles. The minimum absolute atomic E-state index is 0.108. The molecule has 5 nitrogen and oxygen atoms in total. The maximum atomic E-state index is 12.3. The fourth-order valence-corrected chi connectivity index (χ4v) is 2.94. The number of nitrogens with one attached hydrogen (secondary N) is 1. The highest BCUT2D eigenvalue weighted by Gasteiger charge is 2.31. The van der Waals surface area contributed by atoms with Gasteiger partial charge in [0.25, 0.3) is 5.91 Å². The van der Waals surface area contributed by atoms with E-state index < -0.39 is 0 Å². The van der Waals surface area contributed by atoms with E-state index in [2.05, 4.69) is 30.4 Å². The summed E-state index contributed by atoms with van der Waals surface area (Å²) < 4.78 is 5.15. The predicted molar refractivity (Wildman–Crippen MR) is 83.4 cm³/mol. The van der Waals surface area contributed by atoms with Crippen LogP contribution in [-0.4, -0.2) is 17.1 Å². The largest absolute Gasteiger partial charge is 0.351 e. The molecule has 1 aromatic heterocycles. The number of rotatable bonds is 4. The second-order valence-electron chi connectivity index (χ2n) is 6.29. The van der Waals surface area contributed by atoms with Gasteiger partial charge in [0.1, 0.15) is 0 Å². The zero-order valence-corrected chi connectivity index (χ0v) is 12.9. The highest BCUT2D eigenvalue weighted by atomic mass is 16.5. The highest BCUT2D eigenvalue weighted by molar-refractivity contribution is 5.91. The van der Waals surface area contributed by atoms with Crippen LogP contribution in [0.15, 0.2) is 34.9 Å². The summed E-state index contributed by atoms with van der Waals surface area (Å²) in [4.78, 5) is 12.3. The Hall–Kier alpha value is -2.14. The third-order valence-electron chi connectivity index (χ3n) is 4.00. The number of carbonyl (C=O) groups is 1. The minimum atomic E-state index is -0.254. The summed E-state index contributed by atoms with van der Waals surface area (Å²) in [5, 5.41) is 6.90. The molecule has 0 saturated carbocycles. The van der Waals surface area contributed by atoms with Gasteiger partial charge in [0, 0.05) is 6.07 Å². The van der Waals surface area contributed by atoms with Crippen molar-refractivity contribution in [2.24, 2.45) is 11.7 Å². The van der Waals surface area contributed by atoms with Crippen LogP contribution in [0.2, 0.25) is 0 Å². The van der Waals surface area contributed by atoms with E-state index in [4.69, 9.17) is 10.3 Å². The van der Waals surface area contributed by atoms with Gasteiger partial charge in [-0.2, -0.15) is 0 Å². The molecule has 3 N–H and O–H groups in total. The highest BCUT2D eigenvalue weighted by Crippen LogP contribution is 2.29. The number of carbonyl (C=O) groups excluding carboxylic acids is 1. The fourth-order valence-electron chi connectivity index (χ4n) is 2.94. The quantitative estimate of drug-likeness (QED) is 0.907. The van der Waals surface area contributed by atoms with E-state index in [1.165, 1.54) is 5.56 Å². The Morgan fingerprint density at radius 1 is 1.45 bits per heavy atom. The first kappa shape index (κ1) is 14.8. The van der Waals surface area contributed by atoms with Crippen LogP contribution >= 0.6 is 0 Å². The molecule has 116 valence electrons. The molecule has 22 heavy (non-hydrogen) atoms. The molecular formula is C17H21N3O2. The summed E-state index contributed by atoms with van der Waals surface area (Å²) in [6, 6.07) is 9.45. The van der Waals surface area contributed by atoms with Gasteiger partial charge >= 0.3 is 0 Å². The van der Waals surface area contributed by atoms with E-state index in [-0.39, 0.29) is 23.8 Å². The molecule has 1 aliphatic carbocycles. The first-order valence-electron chi connectivity index (χ1n) is 7.64. The van der Waals surface area contributed by atoms with Gasteiger partial charge in [-0.1, -0.05) is 43.3 Å². The number of aromatic nitrogens is 1. The Kier molecular flexibility index (Phi) is 3.98. The van der Waals surface area contributed by atoms with Crippen molar-refractivity contribution in [1.82, 2.24) is 10.5 Å². The monoisotopic (exact) mass is 299 g/mol. The van der Waals surface area contributed by atoms with Gasteiger partial charge in [-0.15, -0.1) is 0 Å². The lowest BCUT2D eigenvalue weighted by Gasteiger charge is -2.16. The molecule has 1 amide bonds. The molecule has 1 aliphatic rings. The SMILES string of the molecule is CC(C)Cc1cc(C(=O)N[C@H]2Cc3ccccc3[C@@H]2N)on1. The van der Waals surface area contributed by atoms with Crippen molar-refractivity contribution >= 4 is 5.91 Å². The third kappa shape index (κ3) is 2.90. The van der Waals surface area contributed by atoms with Crippen LogP contribution in [0, 0.1) is 5.92 Å². The Balaban J connectivity index is 1.67.